The number of benzene rings is 3. The van der Waals surface area contributed by atoms with Crippen LogP contribution in [0, 0.1) is 29.6 Å². The van der Waals surface area contributed by atoms with Gasteiger partial charge in [0.25, 0.3) is 0 Å². The Hall–Kier alpha value is -2.84. The lowest BCUT2D eigenvalue weighted by Crippen LogP contribution is -2.43. The molecule has 41 heavy (non-hydrogen) atoms. The molecule has 2 amide bonds. The third-order valence-corrected chi connectivity index (χ3v) is 12.7. The van der Waals surface area contributed by atoms with Gasteiger partial charge < -0.3 is 0 Å². The molecule has 4 aromatic rings. The van der Waals surface area contributed by atoms with E-state index in [9.17, 15) is 14.4 Å². The summed E-state index contributed by atoms with van der Waals surface area (Å²) >= 11 is 15.5. The lowest BCUT2D eigenvalue weighted by atomic mass is 9.68. The standard InChI is InChI=1S/C32H24Cl2N2O3S2/c33-18-8-6-17(7-9-18)23-24-21-14-22(26-25(21)29(37)36(30(26)38)20-12-10-19(34)11-13-20)27(24)40-31-28(23)41-32(39)35(31)15-16-4-2-1-3-5-16/h1-13,21-27H,14-15H2/t21-,22-,23+,24-,25+,26-,27+/m1/s1. The number of aromatic nitrogens is 1. The molecular weight excluding hydrogens is 595 g/mol. The van der Waals surface area contributed by atoms with E-state index < -0.39 is 0 Å². The molecule has 2 bridgehead atoms. The van der Waals surface area contributed by atoms with Crippen molar-refractivity contribution in [3.8, 4) is 0 Å². The zero-order valence-electron chi connectivity index (χ0n) is 21.7. The maximum atomic E-state index is 13.9. The number of amides is 2. The van der Waals surface area contributed by atoms with Crippen molar-refractivity contribution >= 4 is 63.8 Å². The number of carbonyl (C=O) groups is 2. The summed E-state index contributed by atoms with van der Waals surface area (Å²) in [5.74, 6) is -0.649. The van der Waals surface area contributed by atoms with Crippen LogP contribution < -0.4 is 9.77 Å². The highest BCUT2D eigenvalue weighted by Crippen LogP contribution is 2.69. The normalized spacial score (nSPS) is 29.5. The van der Waals surface area contributed by atoms with Gasteiger partial charge in [-0.05, 0) is 71.7 Å². The maximum Gasteiger partial charge on any atom is 0.308 e. The second kappa shape index (κ2) is 9.60. The second-order valence-electron chi connectivity index (χ2n) is 11.4. The number of imide groups is 1. The lowest BCUT2D eigenvalue weighted by Gasteiger charge is -2.43. The Balaban J connectivity index is 1.23. The van der Waals surface area contributed by atoms with Crippen molar-refractivity contribution in [2.75, 3.05) is 4.90 Å². The fourth-order valence-electron chi connectivity index (χ4n) is 7.91. The SMILES string of the molecule is O=C1[C@@H]2[C@H]3C[C@@H]([C@@H]2C(=O)N1c1ccc(Cl)cc1)[C@@H]1[C@H](c2ccc(Cl)cc2)c2sc(=O)n(Cc4ccccc4)c2S[C@@H]31. The first-order valence-electron chi connectivity index (χ1n) is 13.7. The number of hydrogen-bond acceptors (Lipinski definition) is 5. The Labute approximate surface area is 255 Å². The van der Waals surface area contributed by atoms with Gasteiger partial charge in [-0.2, -0.15) is 0 Å². The van der Waals surface area contributed by atoms with Crippen molar-refractivity contribution in [2.45, 2.75) is 29.2 Å². The Bertz CT molecular complexity index is 1750. The summed E-state index contributed by atoms with van der Waals surface area (Å²) in [6, 6.07) is 24.9. The number of carbonyl (C=O) groups excluding carboxylic acids is 2. The summed E-state index contributed by atoms with van der Waals surface area (Å²) < 4.78 is 1.91. The first kappa shape index (κ1) is 25.8. The van der Waals surface area contributed by atoms with E-state index in [1.807, 2.05) is 47.0 Å². The molecule has 9 heteroatoms. The van der Waals surface area contributed by atoms with Crippen LogP contribution in [0.3, 0.4) is 0 Å². The molecule has 3 heterocycles. The molecule has 3 fully saturated rings. The van der Waals surface area contributed by atoms with Crippen LogP contribution in [0.2, 0.25) is 10.0 Å². The Kier molecular flexibility index (Phi) is 6.05. The second-order valence-corrected chi connectivity index (χ2v) is 14.4. The van der Waals surface area contributed by atoms with Crippen LogP contribution >= 0.6 is 46.3 Å². The van der Waals surface area contributed by atoms with Gasteiger partial charge in [-0.15, -0.1) is 11.8 Å². The maximum absolute atomic E-state index is 13.9. The first-order chi connectivity index (χ1) is 19.9. The van der Waals surface area contributed by atoms with E-state index in [1.165, 1.54) is 16.2 Å². The summed E-state index contributed by atoms with van der Waals surface area (Å²) in [6.07, 6.45) is 0.853. The molecule has 1 aromatic heterocycles. The average molecular weight is 620 g/mol. The predicted octanol–water partition coefficient (Wildman–Crippen LogP) is 6.94. The molecule has 206 valence electrons. The molecule has 1 saturated heterocycles. The van der Waals surface area contributed by atoms with Crippen LogP contribution in [0.4, 0.5) is 5.69 Å². The molecule has 7 atom stereocenters. The number of thioether (sulfide) groups is 1. The first-order valence-corrected chi connectivity index (χ1v) is 16.2. The van der Waals surface area contributed by atoms with E-state index in [1.54, 1.807) is 36.0 Å². The lowest BCUT2D eigenvalue weighted by molar-refractivity contribution is -0.123. The average Bonchev–Trinajstić information content (AvgIpc) is 3.69. The van der Waals surface area contributed by atoms with Gasteiger partial charge in [0.1, 0.15) is 0 Å². The number of thiazole rings is 1. The molecular formula is C32H24Cl2N2O3S2. The van der Waals surface area contributed by atoms with Crippen LogP contribution in [0.25, 0.3) is 0 Å². The van der Waals surface area contributed by atoms with Crippen molar-refractivity contribution in [1.29, 1.82) is 0 Å². The van der Waals surface area contributed by atoms with Gasteiger partial charge in [-0.25, -0.2) is 0 Å². The van der Waals surface area contributed by atoms with Crippen molar-refractivity contribution < 1.29 is 9.59 Å². The molecule has 0 spiro atoms. The molecule has 8 rings (SSSR count). The Morgan fingerprint density at radius 3 is 2.10 bits per heavy atom. The van der Waals surface area contributed by atoms with Gasteiger partial charge in [-0.1, -0.05) is 77.0 Å². The topological polar surface area (TPSA) is 59.4 Å². The number of nitrogens with zero attached hydrogens (tertiary/aromatic N) is 2. The van der Waals surface area contributed by atoms with E-state index in [-0.39, 0.29) is 57.4 Å². The van der Waals surface area contributed by atoms with Crippen LogP contribution in [-0.4, -0.2) is 21.6 Å². The van der Waals surface area contributed by atoms with Gasteiger partial charge in [0, 0.05) is 26.1 Å². The van der Waals surface area contributed by atoms with Crippen LogP contribution in [0.1, 0.15) is 28.3 Å². The number of fused-ring (bicyclic) bond motifs is 9. The van der Waals surface area contributed by atoms with E-state index in [4.69, 9.17) is 23.2 Å². The Morgan fingerprint density at radius 1 is 0.780 bits per heavy atom. The van der Waals surface area contributed by atoms with Crippen LogP contribution in [0.15, 0.2) is 88.7 Å². The van der Waals surface area contributed by atoms with Gasteiger partial charge >= 0.3 is 4.87 Å². The number of halogens is 2. The summed E-state index contributed by atoms with van der Waals surface area (Å²) in [5, 5.41) is 2.36. The van der Waals surface area contributed by atoms with Crippen molar-refractivity contribution in [2.24, 2.45) is 29.6 Å². The number of hydrogen-bond donors (Lipinski definition) is 0. The monoisotopic (exact) mass is 618 g/mol. The van der Waals surface area contributed by atoms with Gasteiger partial charge in [0.2, 0.25) is 11.8 Å². The van der Waals surface area contributed by atoms with Gasteiger partial charge in [-0.3, -0.25) is 23.9 Å². The highest BCUT2D eigenvalue weighted by molar-refractivity contribution is 8.00. The predicted molar refractivity (Wildman–Crippen MR) is 163 cm³/mol. The fourth-order valence-corrected chi connectivity index (χ4v) is 11.3. The zero-order valence-corrected chi connectivity index (χ0v) is 24.8. The smallest absolute Gasteiger partial charge is 0.289 e. The van der Waals surface area contributed by atoms with Crippen molar-refractivity contribution in [3.63, 3.8) is 0 Å². The third kappa shape index (κ3) is 3.86. The molecule has 3 aromatic carbocycles. The van der Waals surface area contributed by atoms with Crippen molar-refractivity contribution in [3.05, 3.63) is 115 Å². The minimum atomic E-state index is -0.343. The largest absolute Gasteiger partial charge is 0.308 e. The van der Waals surface area contributed by atoms with E-state index >= 15 is 0 Å². The molecule has 5 nitrogen and oxygen atoms in total. The molecule has 2 saturated carbocycles. The Morgan fingerprint density at radius 2 is 1.41 bits per heavy atom. The quantitative estimate of drug-likeness (QED) is 0.232. The zero-order chi connectivity index (χ0) is 28.0. The summed E-state index contributed by atoms with van der Waals surface area (Å²) in [6.45, 7) is 0.505. The van der Waals surface area contributed by atoms with Gasteiger partial charge in [0.05, 0.1) is 29.1 Å². The third-order valence-electron chi connectivity index (χ3n) is 9.45. The minimum Gasteiger partial charge on any atom is -0.289 e. The minimum absolute atomic E-state index is 0.0268. The highest BCUT2D eigenvalue weighted by Gasteiger charge is 2.69. The van der Waals surface area contributed by atoms with Crippen molar-refractivity contribution in [1.82, 2.24) is 4.57 Å². The molecule has 0 N–H and O–H groups in total. The molecule has 0 unspecified atom stereocenters. The van der Waals surface area contributed by atoms with E-state index in [0.29, 0.717) is 22.3 Å². The molecule has 0 radical (unpaired) electrons. The number of rotatable bonds is 4. The highest BCUT2D eigenvalue weighted by atomic mass is 35.5. The summed E-state index contributed by atoms with van der Waals surface area (Å²) in [5.41, 5.74) is 2.76. The van der Waals surface area contributed by atoms with Crippen LogP contribution in [0.5, 0.6) is 0 Å². The summed E-state index contributed by atoms with van der Waals surface area (Å²) in [7, 11) is 0. The fraction of sp³-hybridized carbons (Fsp3) is 0.281. The summed E-state index contributed by atoms with van der Waals surface area (Å²) in [4.78, 5) is 43.8. The number of anilines is 1. The molecule has 2 aliphatic carbocycles. The van der Waals surface area contributed by atoms with Crippen LogP contribution in [-0.2, 0) is 16.1 Å². The van der Waals surface area contributed by atoms with Gasteiger partial charge in [0.15, 0.2) is 0 Å². The molecule has 2 aliphatic heterocycles. The van der Waals surface area contributed by atoms with E-state index in [0.717, 1.165) is 27.5 Å². The molecule has 4 aliphatic rings. The van der Waals surface area contributed by atoms with E-state index in [2.05, 4.69) is 12.1 Å².